The summed E-state index contributed by atoms with van der Waals surface area (Å²) in [5, 5.41) is 4.90. The molecule has 0 radical (unpaired) electrons. The van der Waals surface area contributed by atoms with Gasteiger partial charge in [0.2, 0.25) is 0 Å². The lowest BCUT2D eigenvalue weighted by Crippen LogP contribution is -2.00. The van der Waals surface area contributed by atoms with Crippen LogP contribution in [0.25, 0.3) is 102 Å². The molecule has 3 heterocycles. The predicted octanol–water partition coefficient (Wildman–Crippen LogP) is 15.1. The molecule has 10 rings (SSSR count). The number of allylic oxidation sites excluding steroid dienone is 5. The maximum Gasteiger partial charge on any atom is 0.164 e. The molecule has 270 valence electrons. The Labute approximate surface area is 339 Å². The van der Waals surface area contributed by atoms with Gasteiger partial charge < -0.3 is 0 Å². The van der Waals surface area contributed by atoms with Crippen molar-refractivity contribution in [3.8, 4) is 56.4 Å². The molecular formula is C52H35N3S2. The Morgan fingerprint density at radius 2 is 1.05 bits per heavy atom. The van der Waals surface area contributed by atoms with Crippen molar-refractivity contribution in [1.29, 1.82) is 0 Å². The lowest BCUT2D eigenvalue weighted by Gasteiger charge is -2.11. The highest BCUT2D eigenvalue weighted by Gasteiger charge is 2.18. The van der Waals surface area contributed by atoms with Gasteiger partial charge in [0.25, 0.3) is 0 Å². The summed E-state index contributed by atoms with van der Waals surface area (Å²) in [6, 6.07) is 56.1. The van der Waals surface area contributed by atoms with Crippen LogP contribution in [0.1, 0.15) is 12.5 Å². The van der Waals surface area contributed by atoms with Crippen LogP contribution < -0.4 is 0 Å². The minimum atomic E-state index is 0.640. The fourth-order valence-corrected chi connectivity index (χ4v) is 9.84. The summed E-state index contributed by atoms with van der Waals surface area (Å²) in [6.07, 6.45) is 8.09. The van der Waals surface area contributed by atoms with Crippen LogP contribution in [0.5, 0.6) is 0 Å². The minimum Gasteiger partial charge on any atom is -0.208 e. The molecule has 0 amide bonds. The SMILES string of the molecule is C=C/C(=C\C=C/C)c1cccc(-c2ccc3sc4cccc(-c5nc(-c6ccccc6)nc(-c6cccc(-c7ccc8sc9ccccc9c8c7)c6)n5)c4c3c2)c1. The molecule has 3 nitrogen and oxygen atoms in total. The van der Waals surface area contributed by atoms with Crippen LogP contribution in [-0.2, 0) is 0 Å². The smallest absolute Gasteiger partial charge is 0.164 e. The third-order valence-corrected chi connectivity index (χ3v) is 12.7. The molecule has 0 aliphatic carbocycles. The van der Waals surface area contributed by atoms with Gasteiger partial charge in [0, 0.05) is 57.0 Å². The van der Waals surface area contributed by atoms with Crippen LogP contribution >= 0.6 is 22.7 Å². The Balaban J connectivity index is 1.11. The van der Waals surface area contributed by atoms with E-state index < -0.39 is 0 Å². The zero-order chi connectivity index (χ0) is 38.3. The molecule has 5 heteroatoms. The molecule has 0 aliphatic heterocycles. The monoisotopic (exact) mass is 765 g/mol. The molecule has 0 aliphatic rings. The molecule has 7 aromatic carbocycles. The van der Waals surface area contributed by atoms with Crippen LogP contribution in [0.15, 0.2) is 189 Å². The summed E-state index contributed by atoms with van der Waals surface area (Å²) >= 11 is 3.63. The summed E-state index contributed by atoms with van der Waals surface area (Å²) in [6.45, 7) is 6.09. The van der Waals surface area contributed by atoms with Crippen LogP contribution in [0.2, 0.25) is 0 Å². The van der Waals surface area contributed by atoms with Gasteiger partial charge in [0.05, 0.1) is 0 Å². The first-order valence-electron chi connectivity index (χ1n) is 19.0. The quantitative estimate of drug-likeness (QED) is 0.145. The summed E-state index contributed by atoms with van der Waals surface area (Å²) in [5.41, 5.74) is 9.67. The molecule has 0 bridgehead atoms. The van der Waals surface area contributed by atoms with E-state index >= 15 is 0 Å². The van der Waals surface area contributed by atoms with Crippen molar-refractivity contribution in [3.63, 3.8) is 0 Å². The van der Waals surface area contributed by atoms with Gasteiger partial charge in [-0.1, -0.05) is 140 Å². The summed E-state index contributed by atoms with van der Waals surface area (Å²) in [5.74, 6) is 1.93. The van der Waals surface area contributed by atoms with E-state index in [1.165, 1.54) is 35.0 Å². The van der Waals surface area contributed by atoms with E-state index in [1.54, 1.807) is 11.3 Å². The molecule has 10 aromatic rings. The first-order chi connectivity index (χ1) is 28.1. The van der Waals surface area contributed by atoms with Crippen molar-refractivity contribution in [3.05, 3.63) is 194 Å². The number of rotatable bonds is 8. The van der Waals surface area contributed by atoms with Crippen LogP contribution in [0.3, 0.4) is 0 Å². The van der Waals surface area contributed by atoms with Gasteiger partial charge >= 0.3 is 0 Å². The molecule has 0 atom stereocenters. The van der Waals surface area contributed by atoms with Gasteiger partial charge in [0.1, 0.15) is 0 Å². The van der Waals surface area contributed by atoms with Crippen molar-refractivity contribution < 1.29 is 0 Å². The maximum absolute atomic E-state index is 5.26. The number of benzene rings is 7. The highest BCUT2D eigenvalue weighted by atomic mass is 32.1. The molecule has 0 saturated heterocycles. The Kier molecular flexibility index (Phi) is 8.94. The van der Waals surface area contributed by atoms with E-state index in [2.05, 4.69) is 152 Å². The molecular weight excluding hydrogens is 731 g/mol. The van der Waals surface area contributed by atoms with Crippen molar-refractivity contribution in [2.45, 2.75) is 6.92 Å². The standard InChI is InChI=1S/C52H35N3S2/c1-3-5-14-33(4-2)35-17-11-18-36(29-35)39-26-28-47-44(32-39)49-42(22-13-24-48(49)57-47)52-54-50(34-15-7-6-8-16-34)53-51(55-52)40-20-12-19-37(30-40)38-25-27-46-43(31-38)41-21-9-10-23-45(41)56-46/h3-32H,2H2,1H3/b5-3-,33-14+. The van der Waals surface area contributed by atoms with E-state index in [4.69, 9.17) is 15.0 Å². The Bertz CT molecular complexity index is 3220. The third kappa shape index (κ3) is 6.47. The Hall–Kier alpha value is -6.79. The highest BCUT2D eigenvalue weighted by molar-refractivity contribution is 7.26. The van der Waals surface area contributed by atoms with Crippen molar-refractivity contribution in [2.75, 3.05) is 0 Å². The van der Waals surface area contributed by atoms with Crippen molar-refractivity contribution >= 4 is 68.6 Å². The van der Waals surface area contributed by atoms with Gasteiger partial charge in [0.15, 0.2) is 17.5 Å². The average molecular weight is 766 g/mol. The summed E-state index contributed by atoms with van der Waals surface area (Å²) < 4.78 is 5.01. The fourth-order valence-electron chi connectivity index (χ4n) is 7.64. The second-order valence-corrected chi connectivity index (χ2v) is 16.2. The molecule has 0 fully saturated rings. The third-order valence-electron chi connectivity index (χ3n) is 10.5. The fraction of sp³-hybridized carbons (Fsp3) is 0.0192. The topological polar surface area (TPSA) is 38.7 Å². The van der Waals surface area contributed by atoms with Gasteiger partial charge in [-0.25, -0.2) is 15.0 Å². The number of thiophene rings is 2. The zero-order valence-corrected chi connectivity index (χ0v) is 32.8. The van der Waals surface area contributed by atoms with Crippen LogP contribution in [-0.4, -0.2) is 15.0 Å². The second kappa shape index (κ2) is 14.7. The summed E-state index contributed by atoms with van der Waals surface area (Å²) in [4.78, 5) is 15.6. The van der Waals surface area contributed by atoms with E-state index in [0.29, 0.717) is 17.5 Å². The number of fused-ring (bicyclic) bond motifs is 6. The van der Waals surface area contributed by atoms with E-state index in [9.17, 15) is 0 Å². The molecule has 0 unspecified atom stereocenters. The van der Waals surface area contributed by atoms with Crippen LogP contribution in [0, 0.1) is 0 Å². The lowest BCUT2D eigenvalue weighted by molar-refractivity contribution is 1.08. The van der Waals surface area contributed by atoms with E-state index in [-0.39, 0.29) is 0 Å². The number of aromatic nitrogens is 3. The Morgan fingerprint density at radius 1 is 0.474 bits per heavy atom. The summed E-state index contributed by atoms with van der Waals surface area (Å²) in [7, 11) is 0. The van der Waals surface area contributed by atoms with Crippen molar-refractivity contribution in [2.24, 2.45) is 0 Å². The van der Waals surface area contributed by atoms with E-state index in [0.717, 1.165) is 55.5 Å². The van der Waals surface area contributed by atoms with Gasteiger partial charge in [-0.15, -0.1) is 22.7 Å². The molecule has 57 heavy (non-hydrogen) atoms. The molecule has 0 N–H and O–H groups in total. The normalized spacial score (nSPS) is 12.1. The van der Waals surface area contributed by atoms with Crippen LogP contribution in [0.4, 0.5) is 0 Å². The molecule has 0 spiro atoms. The van der Waals surface area contributed by atoms with Crippen molar-refractivity contribution in [1.82, 2.24) is 15.0 Å². The van der Waals surface area contributed by atoms with Gasteiger partial charge in [-0.05, 0) is 88.8 Å². The molecule has 3 aromatic heterocycles. The highest BCUT2D eigenvalue weighted by Crippen LogP contribution is 2.42. The number of nitrogens with zero attached hydrogens (tertiary/aromatic N) is 3. The zero-order valence-electron chi connectivity index (χ0n) is 31.2. The first kappa shape index (κ1) is 34.7. The Morgan fingerprint density at radius 3 is 1.86 bits per heavy atom. The maximum atomic E-state index is 5.26. The lowest BCUT2D eigenvalue weighted by atomic mass is 9.97. The minimum absolute atomic E-state index is 0.640. The number of hydrogen-bond acceptors (Lipinski definition) is 5. The first-order valence-corrected chi connectivity index (χ1v) is 20.6. The second-order valence-electron chi connectivity index (χ2n) is 14.0. The van der Waals surface area contributed by atoms with Gasteiger partial charge in [-0.3, -0.25) is 0 Å². The largest absolute Gasteiger partial charge is 0.208 e. The van der Waals surface area contributed by atoms with E-state index in [1.807, 2.05) is 54.7 Å². The van der Waals surface area contributed by atoms with Gasteiger partial charge in [-0.2, -0.15) is 0 Å². The predicted molar refractivity (Wildman–Crippen MR) is 246 cm³/mol. The number of hydrogen-bond donors (Lipinski definition) is 0. The molecule has 0 saturated carbocycles. The average Bonchev–Trinajstić information content (AvgIpc) is 3.85.